The number of aryl methyl sites for hydroxylation is 2. The van der Waals surface area contributed by atoms with Crippen molar-refractivity contribution >= 4 is 11.7 Å². The SMILES string of the molecule is Cc1noc(C)c1CCC(=O)N1CCC2CCN(c3ncncc3F)CC21. The van der Waals surface area contributed by atoms with Crippen molar-refractivity contribution in [3.63, 3.8) is 0 Å². The Morgan fingerprint density at radius 1 is 1.33 bits per heavy atom. The summed E-state index contributed by atoms with van der Waals surface area (Å²) in [5.41, 5.74) is 1.87. The highest BCUT2D eigenvalue weighted by molar-refractivity contribution is 5.77. The van der Waals surface area contributed by atoms with Crippen LogP contribution in [0.25, 0.3) is 0 Å². The van der Waals surface area contributed by atoms with Crippen LogP contribution in [0.15, 0.2) is 17.0 Å². The minimum atomic E-state index is -0.412. The first-order valence-corrected chi connectivity index (χ1v) is 9.46. The third kappa shape index (κ3) is 3.40. The van der Waals surface area contributed by atoms with Crippen molar-refractivity contribution in [2.45, 2.75) is 45.6 Å². The first kappa shape index (κ1) is 17.9. The van der Waals surface area contributed by atoms with Gasteiger partial charge in [-0.1, -0.05) is 5.16 Å². The maximum Gasteiger partial charge on any atom is 0.223 e. The lowest BCUT2D eigenvalue weighted by Crippen LogP contribution is -2.50. The Hall–Kier alpha value is -2.51. The third-order valence-electron chi connectivity index (χ3n) is 5.90. The van der Waals surface area contributed by atoms with Gasteiger partial charge in [0.15, 0.2) is 11.6 Å². The predicted molar refractivity (Wildman–Crippen MR) is 96.7 cm³/mol. The van der Waals surface area contributed by atoms with Gasteiger partial charge in [0.05, 0.1) is 17.9 Å². The van der Waals surface area contributed by atoms with E-state index in [0.717, 1.165) is 42.9 Å². The number of rotatable bonds is 4. The van der Waals surface area contributed by atoms with Crippen LogP contribution in [0.4, 0.5) is 10.2 Å². The molecule has 2 atom stereocenters. The van der Waals surface area contributed by atoms with Crippen LogP contribution in [0.3, 0.4) is 0 Å². The molecular weight excluding hydrogens is 349 g/mol. The molecule has 2 unspecified atom stereocenters. The van der Waals surface area contributed by atoms with Crippen molar-refractivity contribution < 1.29 is 13.7 Å². The van der Waals surface area contributed by atoms with Gasteiger partial charge in [-0.15, -0.1) is 0 Å². The Morgan fingerprint density at radius 2 is 2.15 bits per heavy atom. The maximum atomic E-state index is 14.1. The fraction of sp³-hybridized carbons (Fsp3) is 0.579. The first-order chi connectivity index (χ1) is 13.0. The number of carbonyl (C=O) groups is 1. The van der Waals surface area contributed by atoms with E-state index in [0.29, 0.717) is 31.1 Å². The molecule has 144 valence electrons. The molecule has 1 amide bonds. The molecule has 2 aromatic rings. The zero-order valence-electron chi connectivity index (χ0n) is 15.7. The maximum absolute atomic E-state index is 14.1. The van der Waals surface area contributed by atoms with Crippen molar-refractivity contribution in [1.82, 2.24) is 20.0 Å². The molecule has 0 aromatic carbocycles. The van der Waals surface area contributed by atoms with Gasteiger partial charge in [0.2, 0.25) is 5.91 Å². The number of hydrogen-bond donors (Lipinski definition) is 0. The molecule has 7 nitrogen and oxygen atoms in total. The average Bonchev–Trinajstić information content (AvgIpc) is 3.23. The molecule has 2 aliphatic rings. The summed E-state index contributed by atoms with van der Waals surface area (Å²) in [5, 5.41) is 3.95. The minimum absolute atomic E-state index is 0.116. The molecule has 8 heteroatoms. The molecule has 2 saturated heterocycles. The Morgan fingerprint density at radius 3 is 2.89 bits per heavy atom. The smallest absolute Gasteiger partial charge is 0.223 e. The number of likely N-dealkylation sites (tertiary alicyclic amines) is 1. The van der Waals surface area contributed by atoms with Crippen LogP contribution in [-0.4, -0.2) is 51.6 Å². The van der Waals surface area contributed by atoms with Gasteiger partial charge < -0.3 is 14.3 Å². The Balaban J connectivity index is 1.43. The van der Waals surface area contributed by atoms with Crippen LogP contribution in [0.2, 0.25) is 0 Å². The molecule has 0 N–H and O–H groups in total. The fourth-order valence-corrected chi connectivity index (χ4v) is 4.42. The summed E-state index contributed by atoms with van der Waals surface area (Å²) in [6, 6.07) is 0.116. The number of fused-ring (bicyclic) bond motifs is 1. The molecule has 0 spiro atoms. The monoisotopic (exact) mass is 373 g/mol. The van der Waals surface area contributed by atoms with E-state index in [-0.39, 0.29) is 11.9 Å². The second kappa shape index (κ2) is 7.25. The van der Waals surface area contributed by atoms with Gasteiger partial charge in [-0.25, -0.2) is 14.4 Å². The number of anilines is 1. The topological polar surface area (TPSA) is 75.4 Å². The number of carbonyl (C=O) groups excluding carboxylic acids is 1. The molecule has 0 aliphatic carbocycles. The molecule has 4 heterocycles. The van der Waals surface area contributed by atoms with Gasteiger partial charge in [0, 0.05) is 31.6 Å². The Labute approximate surface area is 157 Å². The second-order valence-electron chi connectivity index (χ2n) is 7.43. The van der Waals surface area contributed by atoms with Gasteiger partial charge in [-0.3, -0.25) is 4.79 Å². The summed E-state index contributed by atoms with van der Waals surface area (Å²) >= 11 is 0. The number of halogens is 1. The van der Waals surface area contributed by atoms with Gasteiger partial charge in [0.1, 0.15) is 12.1 Å². The molecule has 0 radical (unpaired) electrons. The van der Waals surface area contributed by atoms with Crippen LogP contribution in [-0.2, 0) is 11.2 Å². The normalized spacial score (nSPS) is 22.2. The summed E-state index contributed by atoms with van der Waals surface area (Å²) in [6.45, 7) is 5.93. The van der Waals surface area contributed by atoms with Gasteiger partial charge in [-0.2, -0.15) is 0 Å². The van der Waals surface area contributed by atoms with E-state index >= 15 is 0 Å². The van der Waals surface area contributed by atoms with Crippen molar-refractivity contribution in [3.8, 4) is 0 Å². The summed E-state index contributed by atoms with van der Waals surface area (Å²) in [5.74, 6) is 1.33. The molecule has 27 heavy (non-hydrogen) atoms. The number of hydrogen-bond acceptors (Lipinski definition) is 6. The average molecular weight is 373 g/mol. The first-order valence-electron chi connectivity index (χ1n) is 9.46. The lowest BCUT2D eigenvalue weighted by molar-refractivity contribution is -0.132. The zero-order valence-corrected chi connectivity index (χ0v) is 15.7. The number of piperidine rings is 1. The quantitative estimate of drug-likeness (QED) is 0.818. The molecule has 0 saturated carbocycles. The summed E-state index contributed by atoms with van der Waals surface area (Å²) in [6.07, 6.45) is 5.59. The molecule has 2 aromatic heterocycles. The standard InChI is InChI=1S/C19H24FN5O2/c1-12-15(13(2)27-23-12)3-4-18(26)25-8-6-14-5-7-24(10-17(14)25)19-16(20)9-21-11-22-19/h9,11,14,17H,3-8,10H2,1-2H3. The van der Waals surface area contributed by atoms with E-state index in [1.807, 2.05) is 23.6 Å². The molecule has 2 aliphatic heterocycles. The molecule has 2 fully saturated rings. The largest absolute Gasteiger partial charge is 0.361 e. The van der Waals surface area contributed by atoms with Gasteiger partial charge >= 0.3 is 0 Å². The zero-order chi connectivity index (χ0) is 19.0. The van der Waals surface area contributed by atoms with Crippen LogP contribution in [0.1, 0.15) is 36.3 Å². The highest BCUT2D eigenvalue weighted by Gasteiger charge is 2.41. The van der Waals surface area contributed by atoms with Crippen LogP contribution >= 0.6 is 0 Å². The van der Waals surface area contributed by atoms with E-state index in [2.05, 4.69) is 15.1 Å². The van der Waals surface area contributed by atoms with E-state index in [1.165, 1.54) is 12.5 Å². The van der Waals surface area contributed by atoms with Crippen LogP contribution in [0, 0.1) is 25.6 Å². The highest BCUT2D eigenvalue weighted by atomic mass is 19.1. The van der Waals surface area contributed by atoms with E-state index in [1.54, 1.807) is 0 Å². The molecular formula is C19H24FN5O2. The van der Waals surface area contributed by atoms with E-state index in [9.17, 15) is 9.18 Å². The van der Waals surface area contributed by atoms with Gasteiger partial charge in [0.25, 0.3) is 0 Å². The lowest BCUT2D eigenvalue weighted by Gasteiger charge is -2.39. The van der Waals surface area contributed by atoms with Crippen LogP contribution < -0.4 is 4.90 Å². The second-order valence-corrected chi connectivity index (χ2v) is 7.43. The van der Waals surface area contributed by atoms with Gasteiger partial charge in [-0.05, 0) is 39.0 Å². The third-order valence-corrected chi connectivity index (χ3v) is 5.90. The Kier molecular flexibility index (Phi) is 4.80. The number of amides is 1. The van der Waals surface area contributed by atoms with Crippen LogP contribution in [0.5, 0.6) is 0 Å². The molecule has 0 bridgehead atoms. The predicted octanol–water partition coefficient (Wildman–Crippen LogP) is 2.28. The van der Waals surface area contributed by atoms with Crippen molar-refractivity contribution in [2.24, 2.45) is 5.92 Å². The fourth-order valence-electron chi connectivity index (χ4n) is 4.42. The summed E-state index contributed by atoms with van der Waals surface area (Å²) in [4.78, 5) is 24.6. The minimum Gasteiger partial charge on any atom is -0.361 e. The van der Waals surface area contributed by atoms with Crippen molar-refractivity contribution in [1.29, 1.82) is 0 Å². The number of aromatic nitrogens is 3. The number of nitrogens with zero attached hydrogens (tertiary/aromatic N) is 5. The van der Waals surface area contributed by atoms with Crippen molar-refractivity contribution in [3.05, 3.63) is 35.4 Å². The summed E-state index contributed by atoms with van der Waals surface area (Å²) in [7, 11) is 0. The lowest BCUT2D eigenvalue weighted by atomic mass is 9.92. The van der Waals surface area contributed by atoms with E-state index in [4.69, 9.17) is 4.52 Å². The summed E-state index contributed by atoms with van der Waals surface area (Å²) < 4.78 is 19.2. The molecule has 4 rings (SSSR count). The Bertz CT molecular complexity index is 820. The van der Waals surface area contributed by atoms with Crippen molar-refractivity contribution in [2.75, 3.05) is 24.5 Å². The van der Waals surface area contributed by atoms with E-state index < -0.39 is 5.82 Å². The highest BCUT2D eigenvalue weighted by Crippen LogP contribution is 2.34.